The highest BCUT2D eigenvalue weighted by Gasteiger charge is 2.00. The summed E-state index contributed by atoms with van der Waals surface area (Å²) in [7, 11) is 1.68. The molecule has 1 aromatic rings. The van der Waals surface area contributed by atoms with Gasteiger partial charge in [-0.2, -0.15) is 0 Å². The van der Waals surface area contributed by atoms with E-state index < -0.39 is 0 Å². The van der Waals surface area contributed by atoms with Gasteiger partial charge in [-0.3, -0.25) is 0 Å². The summed E-state index contributed by atoms with van der Waals surface area (Å²) in [6.45, 7) is 7.18. The molecule has 1 rings (SSSR count). The minimum absolute atomic E-state index is 0.670. The Kier molecular flexibility index (Phi) is 8.46. The minimum atomic E-state index is 0.670. The zero-order valence-corrected chi connectivity index (χ0v) is 11.5. The van der Waals surface area contributed by atoms with Crippen molar-refractivity contribution >= 4 is 0 Å². The number of nitrogens with zero attached hydrogens (tertiary/aromatic N) is 2. The Morgan fingerprint density at radius 1 is 1.33 bits per heavy atom. The van der Waals surface area contributed by atoms with Crippen molar-refractivity contribution in [3.63, 3.8) is 0 Å². The molecule has 0 spiro atoms. The summed E-state index contributed by atoms with van der Waals surface area (Å²) in [5, 5.41) is 3.41. The first kappa shape index (κ1) is 15.1. The number of hydrogen-bond acceptors (Lipinski definition) is 4. The van der Waals surface area contributed by atoms with Crippen LogP contribution in [0, 0.1) is 0 Å². The number of rotatable bonds is 11. The number of ether oxygens (including phenoxy) is 2. The molecular formula is C13H25N3O2. The average molecular weight is 255 g/mol. The smallest absolute Gasteiger partial charge is 0.0948 e. The number of nitrogens with one attached hydrogen (secondary N) is 1. The highest BCUT2D eigenvalue weighted by atomic mass is 16.5. The summed E-state index contributed by atoms with van der Waals surface area (Å²) in [4.78, 5) is 4.17. The summed E-state index contributed by atoms with van der Waals surface area (Å²) in [6.07, 6.45) is 5.98. The molecule has 0 atom stereocenters. The van der Waals surface area contributed by atoms with Gasteiger partial charge in [0.05, 0.1) is 25.2 Å². The van der Waals surface area contributed by atoms with E-state index in [1.165, 1.54) is 5.69 Å². The average Bonchev–Trinajstić information content (AvgIpc) is 2.81. The second-order valence-electron chi connectivity index (χ2n) is 4.21. The second-order valence-corrected chi connectivity index (χ2v) is 4.21. The fraction of sp³-hybridized carbons (Fsp3) is 0.769. The number of hydrogen-bond donors (Lipinski definition) is 1. The van der Waals surface area contributed by atoms with Crippen LogP contribution in [-0.4, -0.2) is 43.0 Å². The van der Waals surface area contributed by atoms with Crippen molar-refractivity contribution < 1.29 is 9.47 Å². The monoisotopic (exact) mass is 255 g/mol. The van der Waals surface area contributed by atoms with Crippen LogP contribution in [0.1, 0.15) is 25.5 Å². The highest BCUT2D eigenvalue weighted by molar-refractivity contribution is 4.97. The van der Waals surface area contributed by atoms with E-state index >= 15 is 0 Å². The Labute approximate surface area is 109 Å². The Hall–Kier alpha value is -0.910. The minimum Gasteiger partial charge on any atom is -0.382 e. The molecule has 1 heterocycles. The van der Waals surface area contributed by atoms with E-state index in [1.807, 2.05) is 12.5 Å². The molecule has 1 aromatic heterocycles. The topological polar surface area (TPSA) is 48.3 Å². The Balaban J connectivity index is 2.01. The third-order valence-electron chi connectivity index (χ3n) is 2.64. The molecule has 0 fully saturated rings. The lowest BCUT2D eigenvalue weighted by atomic mass is 10.4. The predicted octanol–water partition coefficient (Wildman–Crippen LogP) is 1.44. The van der Waals surface area contributed by atoms with E-state index in [2.05, 4.69) is 21.8 Å². The summed E-state index contributed by atoms with van der Waals surface area (Å²) < 4.78 is 12.5. The van der Waals surface area contributed by atoms with E-state index in [0.29, 0.717) is 13.2 Å². The molecular weight excluding hydrogens is 230 g/mol. The molecule has 0 amide bonds. The second kappa shape index (κ2) is 10.1. The Bertz CT molecular complexity index is 302. The first-order chi connectivity index (χ1) is 8.88. The molecule has 0 saturated carbocycles. The van der Waals surface area contributed by atoms with Gasteiger partial charge in [-0.05, 0) is 19.4 Å². The van der Waals surface area contributed by atoms with E-state index in [4.69, 9.17) is 9.47 Å². The molecule has 0 aliphatic heterocycles. The number of imidazole rings is 1. The van der Waals surface area contributed by atoms with Gasteiger partial charge in [0.25, 0.3) is 0 Å². The lowest BCUT2D eigenvalue weighted by molar-refractivity contribution is 0.0694. The molecule has 0 aromatic carbocycles. The molecule has 104 valence electrons. The Morgan fingerprint density at radius 2 is 2.22 bits per heavy atom. The quantitative estimate of drug-likeness (QED) is 0.608. The van der Waals surface area contributed by atoms with Crippen molar-refractivity contribution in [2.45, 2.75) is 32.9 Å². The van der Waals surface area contributed by atoms with Crippen molar-refractivity contribution in [1.29, 1.82) is 0 Å². The van der Waals surface area contributed by atoms with Gasteiger partial charge in [0, 0.05) is 33.0 Å². The van der Waals surface area contributed by atoms with E-state index in [0.717, 1.165) is 39.1 Å². The molecule has 5 nitrogen and oxygen atoms in total. The molecule has 0 radical (unpaired) electrons. The summed E-state index contributed by atoms with van der Waals surface area (Å²) >= 11 is 0. The van der Waals surface area contributed by atoms with E-state index in [9.17, 15) is 0 Å². The van der Waals surface area contributed by atoms with Crippen LogP contribution >= 0.6 is 0 Å². The van der Waals surface area contributed by atoms with Crippen LogP contribution in [0.3, 0.4) is 0 Å². The van der Waals surface area contributed by atoms with Gasteiger partial charge in [-0.25, -0.2) is 4.98 Å². The van der Waals surface area contributed by atoms with Gasteiger partial charge in [-0.15, -0.1) is 0 Å². The van der Waals surface area contributed by atoms with Crippen LogP contribution in [0.5, 0.6) is 0 Å². The number of aryl methyl sites for hydroxylation is 1. The van der Waals surface area contributed by atoms with Crippen LogP contribution in [0.4, 0.5) is 0 Å². The molecule has 0 saturated heterocycles. The van der Waals surface area contributed by atoms with Gasteiger partial charge >= 0.3 is 0 Å². The fourth-order valence-corrected chi connectivity index (χ4v) is 1.70. The van der Waals surface area contributed by atoms with Crippen LogP contribution < -0.4 is 5.32 Å². The fourth-order valence-electron chi connectivity index (χ4n) is 1.70. The Morgan fingerprint density at radius 3 is 3.00 bits per heavy atom. The molecule has 18 heavy (non-hydrogen) atoms. The third-order valence-corrected chi connectivity index (χ3v) is 2.64. The van der Waals surface area contributed by atoms with Crippen molar-refractivity contribution in [3.05, 3.63) is 18.2 Å². The van der Waals surface area contributed by atoms with E-state index in [1.54, 1.807) is 7.11 Å². The first-order valence-corrected chi connectivity index (χ1v) is 6.65. The molecule has 0 aliphatic rings. The van der Waals surface area contributed by atoms with E-state index in [-0.39, 0.29) is 0 Å². The summed E-state index contributed by atoms with van der Waals surface area (Å²) in [6, 6.07) is 0. The third kappa shape index (κ3) is 6.14. The van der Waals surface area contributed by atoms with Crippen molar-refractivity contribution in [2.75, 3.05) is 33.5 Å². The lowest BCUT2D eigenvalue weighted by Crippen LogP contribution is -2.19. The number of aromatic nitrogens is 2. The summed E-state index contributed by atoms with van der Waals surface area (Å²) in [5.74, 6) is 0. The van der Waals surface area contributed by atoms with Crippen molar-refractivity contribution in [1.82, 2.24) is 14.9 Å². The molecule has 0 bridgehead atoms. The molecule has 1 N–H and O–H groups in total. The van der Waals surface area contributed by atoms with Gasteiger partial charge in [0.2, 0.25) is 0 Å². The van der Waals surface area contributed by atoms with Gasteiger partial charge in [-0.1, -0.05) is 6.92 Å². The largest absolute Gasteiger partial charge is 0.382 e. The lowest BCUT2D eigenvalue weighted by Gasteiger charge is -2.08. The molecule has 0 aliphatic carbocycles. The predicted molar refractivity (Wildman–Crippen MR) is 71.5 cm³/mol. The maximum absolute atomic E-state index is 5.39. The first-order valence-electron chi connectivity index (χ1n) is 6.65. The standard InChI is InChI=1S/C13H25N3O2/c1-3-6-16-12-15-11-13(16)10-14-5-4-7-18-9-8-17-2/h11-12,14H,3-10H2,1-2H3. The van der Waals surface area contributed by atoms with Crippen LogP contribution in [0.15, 0.2) is 12.5 Å². The van der Waals surface area contributed by atoms with Crippen LogP contribution in [0.2, 0.25) is 0 Å². The molecule has 5 heteroatoms. The maximum atomic E-state index is 5.39. The van der Waals surface area contributed by atoms with Gasteiger partial charge < -0.3 is 19.4 Å². The summed E-state index contributed by atoms with van der Waals surface area (Å²) in [5.41, 5.74) is 1.25. The number of methoxy groups -OCH3 is 1. The van der Waals surface area contributed by atoms with Crippen LogP contribution in [0.25, 0.3) is 0 Å². The zero-order chi connectivity index (χ0) is 13.1. The van der Waals surface area contributed by atoms with Crippen molar-refractivity contribution in [2.24, 2.45) is 0 Å². The molecule has 0 unspecified atom stereocenters. The maximum Gasteiger partial charge on any atom is 0.0948 e. The zero-order valence-electron chi connectivity index (χ0n) is 11.5. The van der Waals surface area contributed by atoms with Crippen LogP contribution in [-0.2, 0) is 22.6 Å². The van der Waals surface area contributed by atoms with Gasteiger partial charge in [0.15, 0.2) is 0 Å². The van der Waals surface area contributed by atoms with Gasteiger partial charge in [0.1, 0.15) is 0 Å². The normalized spacial score (nSPS) is 11.0. The highest BCUT2D eigenvalue weighted by Crippen LogP contribution is 2.00. The van der Waals surface area contributed by atoms with Crippen molar-refractivity contribution in [3.8, 4) is 0 Å². The SMILES string of the molecule is CCCn1cncc1CNCCCOCCOC.